The molecule has 0 amide bonds. The van der Waals surface area contributed by atoms with Crippen molar-refractivity contribution >= 4 is 124 Å². The third-order valence-corrected chi connectivity index (χ3v) is 0. The predicted molar refractivity (Wildman–Crippen MR) is 79.2 cm³/mol. The Balaban J connectivity index is 0. The number of hydrogen-bond donors (Lipinski definition) is 0. The highest BCUT2D eigenvalue weighted by Crippen LogP contribution is 0.699. The molecule has 88 valence electrons. The highest BCUT2D eigenvalue weighted by atomic mass is 35.5. The van der Waals surface area contributed by atoms with Gasteiger partial charge in [0.2, 0.25) is 0 Å². The van der Waals surface area contributed by atoms with E-state index >= 15 is 0 Å². The van der Waals surface area contributed by atoms with Gasteiger partial charge >= 0.3 is 0 Å². The van der Waals surface area contributed by atoms with Gasteiger partial charge in [0.25, 0.3) is 0 Å². The zero-order valence-corrected chi connectivity index (χ0v) is 12.2. The second kappa shape index (κ2) is 217. The molecule has 0 radical (unpaired) electrons. The maximum absolute atomic E-state index is 0. The highest BCUT2D eigenvalue weighted by molar-refractivity contribution is 5.86. The first-order valence-corrected chi connectivity index (χ1v) is 0. The summed E-state index contributed by atoms with van der Waals surface area (Å²) in [7, 11) is 0. The quantitative estimate of drug-likeness (QED) is 0.563. The Labute approximate surface area is 130 Å². The van der Waals surface area contributed by atoms with E-state index in [0.29, 0.717) is 0 Å². The van der Waals surface area contributed by atoms with Crippen LogP contribution in [0.1, 0.15) is 7.43 Å². The van der Waals surface area contributed by atoms with Crippen LogP contribution in [-0.4, -0.2) is 0 Å². The van der Waals surface area contributed by atoms with E-state index in [4.69, 9.17) is 0 Å². The van der Waals surface area contributed by atoms with Crippen LogP contribution in [0.15, 0.2) is 0 Å². The molecule has 0 saturated carbocycles. The predicted octanol–water partition coefficient (Wildman–Crippen LogP) is 4.85. The lowest BCUT2D eigenvalue weighted by atomic mass is 12.0. The van der Waals surface area contributed by atoms with Gasteiger partial charge in [-0.1, -0.05) is 7.43 Å². The molecular formula is CH14Cl10. The van der Waals surface area contributed by atoms with Gasteiger partial charge in [0.05, 0.1) is 0 Å². The summed E-state index contributed by atoms with van der Waals surface area (Å²) in [4.78, 5) is 0. The fraction of sp³-hybridized carbons (Fsp3) is 1.00. The molecule has 0 aliphatic heterocycles. The molecule has 0 atom stereocenters. The summed E-state index contributed by atoms with van der Waals surface area (Å²) in [6.07, 6.45) is 0. The molecule has 0 aromatic carbocycles. The standard InChI is InChI=1S/CH4.10ClH/h1H4;10*1H. The summed E-state index contributed by atoms with van der Waals surface area (Å²) in [5.41, 5.74) is 0. The molecule has 0 aromatic rings. The van der Waals surface area contributed by atoms with Gasteiger partial charge in [-0.05, 0) is 0 Å². The summed E-state index contributed by atoms with van der Waals surface area (Å²) in [5, 5.41) is 0. The second-order valence-electron chi connectivity index (χ2n) is 0. The average molecular weight is 381 g/mol. The molecule has 0 unspecified atom stereocenters. The average Bonchev–Trinajstić information content (AvgIpc) is 0. The van der Waals surface area contributed by atoms with Crippen LogP contribution >= 0.6 is 124 Å². The van der Waals surface area contributed by atoms with Crippen LogP contribution in [0.25, 0.3) is 0 Å². The highest BCUT2D eigenvalue weighted by Gasteiger charge is -0.0774. The summed E-state index contributed by atoms with van der Waals surface area (Å²) in [6.45, 7) is 0. The largest absolute Gasteiger partial charge is 0.147 e. The van der Waals surface area contributed by atoms with E-state index in [1.54, 1.807) is 0 Å². The van der Waals surface area contributed by atoms with Crippen LogP contribution < -0.4 is 0 Å². The minimum absolute atomic E-state index is 0. The molecule has 0 fully saturated rings. The Kier molecular flexibility index (Phi) is 5430. The number of halogens is 10. The van der Waals surface area contributed by atoms with Gasteiger partial charge in [-0.25, -0.2) is 0 Å². The van der Waals surface area contributed by atoms with Crippen LogP contribution in [0.2, 0.25) is 0 Å². The Morgan fingerprint density at radius 3 is 0.182 bits per heavy atom. The maximum atomic E-state index is 0. The molecule has 0 N–H and O–H groups in total. The Bertz CT molecular complexity index is 4.83. The monoisotopic (exact) mass is 376 g/mol. The lowest BCUT2D eigenvalue weighted by molar-refractivity contribution is 2.50. The molecule has 10 heteroatoms. The van der Waals surface area contributed by atoms with Crippen molar-refractivity contribution in [3.63, 3.8) is 0 Å². The van der Waals surface area contributed by atoms with Gasteiger partial charge < -0.3 is 0 Å². The topological polar surface area (TPSA) is 0 Å². The van der Waals surface area contributed by atoms with Crippen LogP contribution in [0.5, 0.6) is 0 Å². The van der Waals surface area contributed by atoms with Crippen molar-refractivity contribution in [3.8, 4) is 0 Å². The molecule has 0 saturated heterocycles. The first kappa shape index (κ1) is 275. The van der Waals surface area contributed by atoms with E-state index in [0.717, 1.165) is 0 Å². The minimum Gasteiger partial charge on any atom is -0.147 e. The van der Waals surface area contributed by atoms with Crippen molar-refractivity contribution in [2.24, 2.45) is 0 Å². The molecule has 0 nitrogen and oxygen atoms in total. The van der Waals surface area contributed by atoms with Crippen LogP contribution in [-0.2, 0) is 0 Å². The molecular weight excluding hydrogens is 367 g/mol. The molecule has 0 rings (SSSR count). The van der Waals surface area contributed by atoms with E-state index in [9.17, 15) is 0 Å². The summed E-state index contributed by atoms with van der Waals surface area (Å²) in [6, 6.07) is 0. The smallest absolute Gasteiger partial charge is 0.0776 e. The Hall–Kier alpha value is 2.90. The van der Waals surface area contributed by atoms with Gasteiger partial charge in [0.1, 0.15) is 0 Å². The van der Waals surface area contributed by atoms with E-state index < -0.39 is 0 Å². The normalized spacial score (nSPS) is 0. The van der Waals surface area contributed by atoms with Crippen LogP contribution in [0.3, 0.4) is 0 Å². The van der Waals surface area contributed by atoms with Crippen molar-refractivity contribution in [1.29, 1.82) is 0 Å². The van der Waals surface area contributed by atoms with Gasteiger partial charge in [-0.15, -0.1) is 124 Å². The van der Waals surface area contributed by atoms with Crippen molar-refractivity contribution in [3.05, 3.63) is 0 Å². The molecule has 0 heterocycles. The first-order valence-electron chi connectivity index (χ1n) is 0. The third-order valence-electron chi connectivity index (χ3n) is 0. The lowest BCUT2D eigenvalue weighted by Gasteiger charge is -0.148. The van der Waals surface area contributed by atoms with Crippen molar-refractivity contribution in [1.82, 2.24) is 0 Å². The van der Waals surface area contributed by atoms with Gasteiger partial charge in [-0.3, -0.25) is 0 Å². The zero-order valence-electron chi connectivity index (χ0n) is 4.08. The number of hydrogen-bond acceptors (Lipinski definition) is 0. The van der Waals surface area contributed by atoms with Crippen LogP contribution in [0.4, 0.5) is 0 Å². The van der Waals surface area contributed by atoms with Crippen LogP contribution in [0, 0.1) is 0 Å². The van der Waals surface area contributed by atoms with E-state index in [-0.39, 0.29) is 131 Å². The Morgan fingerprint density at radius 1 is 0.182 bits per heavy atom. The number of rotatable bonds is 0. The SMILES string of the molecule is C.Cl.Cl.Cl.Cl.Cl.Cl.Cl.Cl.Cl.Cl. The zero-order chi connectivity index (χ0) is 0. The second-order valence-corrected chi connectivity index (χ2v) is 0. The van der Waals surface area contributed by atoms with Crippen molar-refractivity contribution in [2.45, 2.75) is 7.43 Å². The Morgan fingerprint density at radius 2 is 0.182 bits per heavy atom. The molecule has 0 aliphatic rings. The summed E-state index contributed by atoms with van der Waals surface area (Å²) in [5.74, 6) is 0. The van der Waals surface area contributed by atoms with Crippen molar-refractivity contribution < 1.29 is 0 Å². The lowest BCUT2D eigenvalue weighted by Crippen LogP contribution is 0.144. The first-order chi connectivity index (χ1) is 0. The van der Waals surface area contributed by atoms with E-state index in [1.165, 1.54) is 0 Å². The summed E-state index contributed by atoms with van der Waals surface area (Å²) < 4.78 is 0. The fourth-order valence-electron chi connectivity index (χ4n) is 0. The summed E-state index contributed by atoms with van der Waals surface area (Å²) >= 11 is 0. The maximum Gasteiger partial charge on any atom is -0.0776 e. The van der Waals surface area contributed by atoms with Crippen molar-refractivity contribution in [2.75, 3.05) is 0 Å². The third kappa shape index (κ3) is 182. The molecule has 0 bridgehead atoms. The molecule has 11 heavy (non-hydrogen) atoms. The fourth-order valence-corrected chi connectivity index (χ4v) is 0. The van der Waals surface area contributed by atoms with Gasteiger partial charge in [0, 0.05) is 0 Å². The minimum atomic E-state index is 0. The molecule has 0 aliphatic carbocycles. The van der Waals surface area contributed by atoms with E-state index in [2.05, 4.69) is 0 Å². The van der Waals surface area contributed by atoms with Gasteiger partial charge in [0.15, 0.2) is 0 Å². The molecule has 0 aromatic heterocycles. The van der Waals surface area contributed by atoms with E-state index in [1.807, 2.05) is 0 Å². The van der Waals surface area contributed by atoms with Gasteiger partial charge in [-0.2, -0.15) is 0 Å². The molecule has 0 spiro atoms.